The first-order chi connectivity index (χ1) is 11.7. The first-order valence-corrected chi connectivity index (χ1v) is 8.43. The van der Waals surface area contributed by atoms with E-state index in [1.165, 1.54) is 7.11 Å². The molecule has 2 aliphatic rings. The maximum absolute atomic E-state index is 12.6. The molecule has 2 amide bonds. The van der Waals surface area contributed by atoms with Crippen molar-refractivity contribution in [2.45, 2.75) is 19.4 Å². The van der Waals surface area contributed by atoms with Crippen molar-refractivity contribution >= 4 is 11.8 Å². The number of hydrogen-bond donors (Lipinski definition) is 0. The number of para-hydroxylation sites is 1. The number of ether oxygens (including phenoxy) is 2. The molecule has 0 spiro atoms. The lowest BCUT2D eigenvalue weighted by Crippen LogP contribution is -2.51. The zero-order valence-corrected chi connectivity index (χ0v) is 14.2. The van der Waals surface area contributed by atoms with Crippen LogP contribution in [0.1, 0.15) is 24.9 Å². The van der Waals surface area contributed by atoms with E-state index in [1.54, 1.807) is 4.90 Å². The number of fused-ring (bicyclic) bond motifs is 3. The van der Waals surface area contributed by atoms with Crippen LogP contribution in [0.15, 0.2) is 24.3 Å². The third kappa shape index (κ3) is 3.11. The summed E-state index contributed by atoms with van der Waals surface area (Å²) in [5, 5.41) is 0. The molecule has 1 aromatic rings. The smallest absolute Gasteiger partial charge is 0.249 e. The average molecular weight is 332 g/mol. The van der Waals surface area contributed by atoms with Crippen LogP contribution in [0, 0.1) is 5.92 Å². The van der Waals surface area contributed by atoms with Gasteiger partial charge in [0.2, 0.25) is 11.8 Å². The van der Waals surface area contributed by atoms with Crippen molar-refractivity contribution in [3.63, 3.8) is 0 Å². The van der Waals surface area contributed by atoms with Gasteiger partial charge in [-0.15, -0.1) is 0 Å². The number of hydrogen-bond acceptors (Lipinski definition) is 4. The standard InChI is InChI=1S/C18H24N2O4/c1-3-19-10-13-11-24-15-7-5-4-6-14(15)18(13)20(9-8-16(19)21)17(22)12-23-2/h4-7,13,18H,3,8-12H2,1-2H3/t13-,18-/m0/s1. The summed E-state index contributed by atoms with van der Waals surface area (Å²) in [7, 11) is 1.52. The van der Waals surface area contributed by atoms with Crippen LogP contribution < -0.4 is 4.74 Å². The van der Waals surface area contributed by atoms with E-state index in [2.05, 4.69) is 0 Å². The lowest BCUT2D eigenvalue weighted by atomic mass is 9.87. The van der Waals surface area contributed by atoms with E-state index in [0.29, 0.717) is 32.7 Å². The Bertz CT molecular complexity index is 619. The van der Waals surface area contributed by atoms with Crippen molar-refractivity contribution in [1.82, 2.24) is 9.80 Å². The first-order valence-electron chi connectivity index (χ1n) is 8.43. The summed E-state index contributed by atoms with van der Waals surface area (Å²) in [5.74, 6) is 0.890. The van der Waals surface area contributed by atoms with Crippen LogP contribution in [0.25, 0.3) is 0 Å². The summed E-state index contributed by atoms with van der Waals surface area (Å²) in [6.07, 6.45) is 0.343. The van der Waals surface area contributed by atoms with E-state index < -0.39 is 0 Å². The second-order valence-electron chi connectivity index (χ2n) is 6.26. The molecule has 1 aromatic carbocycles. The first kappa shape index (κ1) is 16.8. The molecule has 2 atom stereocenters. The van der Waals surface area contributed by atoms with E-state index in [-0.39, 0.29) is 30.4 Å². The molecule has 1 saturated heterocycles. The molecule has 1 fully saturated rings. The summed E-state index contributed by atoms with van der Waals surface area (Å²) in [4.78, 5) is 28.7. The summed E-state index contributed by atoms with van der Waals surface area (Å²) in [6.45, 7) is 4.20. The van der Waals surface area contributed by atoms with E-state index >= 15 is 0 Å². The van der Waals surface area contributed by atoms with Gasteiger partial charge in [-0.25, -0.2) is 0 Å². The van der Waals surface area contributed by atoms with Gasteiger partial charge in [-0.2, -0.15) is 0 Å². The van der Waals surface area contributed by atoms with Crippen LogP contribution in [-0.2, 0) is 14.3 Å². The molecule has 0 unspecified atom stereocenters. The number of rotatable bonds is 3. The minimum atomic E-state index is -0.0836. The maximum Gasteiger partial charge on any atom is 0.249 e. The van der Waals surface area contributed by atoms with Crippen molar-refractivity contribution in [3.8, 4) is 5.75 Å². The van der Waals surface area contributed by atoms with Gasteiger partial charge in [0, 0.05) is 44.6 Å². The fraction of sp³-hybridized carbons (Fsp3) is 0.556. The molecule has 6 heteroatoms. The number of benzene rings is 1. The van der Waals surface area contributed by atoms with Crippen molar-refractivity contribution < 1.29 is 19.1 Å². The van der Waals surface area contributed by atoms with Crippen LogP contribution in [0.3, 0.4) is 0 Å². The number of carbonyl (C=O) groups excluding carboxylic acids is 2. The summed E-state index contributed by atoms with van der Waals surface area (Å²) < 4.78 is 10.9. The molecule has 2 heterocycles. The number of nitrogens with zero attached hydrogens (tertiary/aromatic N) is 2. The molecule has 24 heavy (non-hydrogen) atoms. The van der Waals surface area contributed by atoms with E-state index in [0.717, 1.165) is 11.3 Å². The molecule has 130 valence electrons. The van der Waals surface area contributed by atoms with Gasteiger partial charge in [-0.3, -0.25) is 9.59 Å². The average Bonchev–Trinajstić information content (AvgIpc) is 2.59. The van der Waals surface area contributed by atoms with Gasteiger partial charge >= 0.3 is 0 Å². The molecular formula is C18H24N2O4. The highest BCUT2D eigenvalue weighted by Crippen LogP contribution is 2.40. The Labute approximate surface area is 142 Å². The third-order valence-corrected chi connectivity index (χ3v) is 4.82. The lowest BCUT2D eigenvalue weighted by molar-refractivity contribution is -0.144. The number of carbonyl (C=O) groups is 2. The van der Waals surface area contributed by atoms with E-state index in [4.69, 9.17) is 9.47 Å². The van der Waals surface area contributed by atoms with Crippen LogP contribution in [0.4, 0.5) is 0 Å². The topological polar surface area (TPSA) is 59.1 Å². The Morgan fingerprint density at radius 2 is 2.17 bits per heavy atom. The van der Waals surface area contributed by atoms with Crippen LogP contribution in [0.2, 0.25) is 0 Å². The fourth-order valence-corrected chi connectivity index (χ4v) is 3.66. The normalized spacial score (nSPS) is 23.7. The molecule has 3 rings (SSSR count). The fourth-order valence-electron chi connectivity index (χ4n) is 3.66. The van der Waals surface area contributed by atoms with Gasteiger partial charge < -0.3 is 19.3 Å². The van der Waals surface area contributed by atoms with Crippen molar-refractivity contribution in [2.75, 3.05) is 40.0 Å². The van der Waals surface area contributed by atoms with Crippen LogP contribution in [0.5, 0.6) is 5.75 Å². The highest BCUT2D eigenvalue weighted by Gasteiger charge is 2.40. The Balaban J connectivity index is 1.99. The van der Waals surface area contributed by atoms with E-state index in [1.807, 2.05) is 36.1 Å². The quantitative estimate of drug-likeness (QED) is 0.841. The molecular weight excluding hydrogens is 308 g/mol. The van der Waals surface area contributed by atoms with Crippen molar-refractivity contribution in [2.24, 2.45) is 5.92 Å². The zero-order chi connectivity index (χ0) is 17.1. The molecule has 0 radical (unpaired) electrons. The van der Waals surface area contributed by atoms with Gasteiger partial charge in [0.05, 0.1) is 12.6 Å². The van der Waals surface area contributed by atoms with Crippen LogP contribution in [-0.4, -0.2) is 61.6 Å². The zero-order valence-electron chi connectivity index (χ0n) is 14.2. The minimum Gasteiger partial charge on any atom is -0.493 e. The largest absolute Gasteiger partial charge is 0.493 e. The van der Waals surface area contributed by atoms with E-state index in [9.17, 15) is 9.59 Å². The number of methoxy groups -OCH3 is 1. The highest BCUT2D eigenvalue weighted by atomic mass is 16.5. The summed E-state index contributed by atoms with van der Waals surface area (Å²) in [6, 6.07) is 7.76. The molecule has 0 N–H and O–H groups in total. The number of amides is 2. The molecule has 0 bridgehead atoms. The second-order valence-corrected chi connectivity index (χ2v) is 6.26. The maximum atomic E-state index is 12.6. The molecule has 2 aliphatic heterocycles. The van der Waals surface area contributed by atoms with Gasteiger partial charge in [-0.05, 0) is 13.0 Å². The Morgan fingerprint density at radius 3 is 2.92 bits per heavy atom. The summed E-state index contributed by atoms with van der Waals surface area (Å²) in [5.41, 5.74) is 1.02. The SMILES string of the molecule is CCN1C[C@H]2COc3ccccc3[C@H]2N(C(=O)COC)CCC1=O. The van der Waals surface area contributed by atoms with Gasteiger partial charge in [-0.1, -0.05) is 18.2 Å². The van der Waals surface area contributed by atoms with Gasteiger partial charge in [0.1, 0.15) is 12.4 Å². The predicted octanol–water partition coefficient (Wildman–Crippen LogP) is 1.46. The lowest BCUT2D eigenvalue weighted by Gasteiger charge is -2.44. The Kier molecular flexibility index (Phi) is 5.04. The molecule has 0 saturated carbocycles. The molecule has 6 nitrogen and oxygen atoms in total. The monoisotopic (exact) mass is 332 g/mol. The molecule has 0 aromatic heterocycles. The summed E-state index contributed by atoms with van der Waals surface area (Å²) >= 11 is 0. The third-order valence-electron chi connectivity index (χ3n) is 4.82. The highest BCUT2D eigenvalue weighted by molar-refractivity contribution is 5.81. The van der Waals surface area contributed by atoms with Crippen LogP contribution >= 0.6 is 0 Å². The Morgan fingerprint density at radius 1 is 1.38 bits per heavy atom. The second kappa shape index (κ2) is 7.21. The van der Waals surface area contributed by atoms with Gasteiger partial charge in [0.15, 0.2) is 0 Å². The van der Waals surface area contributed by atoms with Gasteiger partial charge in [0.25, 0.3) is 0 Å². The van der Waals surface area contributed by atoms with Crippen molar-refractivity contribution in [3.05, 3.63) is 29.8 Å². The minimum absolute atomic E-state index is 0.0257. The molecule has 0 aliphatic carbocycles. The Hall–Kier alpha value is -2.08. The predicted molar refractivity (Wildman–Crippen MR) is 88.6 cm³/mol. The van der Waals surface area contributed by atoms with Crippen molar-refractivity contribution in [1.29, 1.82) is 0 Å².